The molecular formula is C15H17N5O. The SMILES string of the molecule is C1CC1.Cc1cn[nH]c1-c1ccc2nc(NC=O)cn2c1. The topological polar surface area (TPSA) is 75.1 Å². The van der Waals surface area contributed by atoms with Crippen LogP contribution in [0.1, 0.15) is 24.8 Å². The van der Waals surface area contributed by atoms with Gasteiger partial charge < -0.3 is 9.72 Å². The van der Waals surface area contributed by atoms with Crippen LogP contribution in [0.3, 0.4) is 0 Å². The molecule has 1 aliphatic carbocycles. The smallest absolute Gasteiger partial charge is 0.212 e. The minimum Gasteiger partial charge on any atom is -0.312 e. The summed E-state index contributed by atoms with van der Waals surface area (Å²) in [6, 6.07) is 3.86. The summed E-state index contributed by atoms with van der Waals surface area (Å²) in [5, 5.41) is 9.50. The Hall–Kier alpha value is -2.63. The maximum atomic E-state index is 10.4. The number of imidazole rings is 1. The molecule has 0 aliphatic heterocycles. The minimum absolute atomic E-state index is 0.531. The van der Waals surface area contributed by atoms with Crippen LogP contribution >= 0.6 is 0 Å². The number of hydrogen-bond donors (Lipinski definition) is 2. The van der Waals surface area contributed by atoms with Crippen molar-refractivity contribution in [2.24, 2.45) is 0 Å². The number of fused-ring (bicyclic) bond motifs is 1. The fourth-order valence-corrected chi connectivity index (χ4v) is 1.91. The molecule has 1 amide bonds. The van der Waals surface area contributed by atoms with E-state index in [0.29, 0.717) is 12.2 Å². The molecule has 0 saturated heterocycles. The molecule has 1 saturated carbocycles. The maximum Gasteiger partial charge on any atom is 0.212 e. The van der Waals surface area contributed by atoms with E-state index in [-0.39, 0.29) is 0 Å². The predicted octanol–water partition coefficient (Wildman–Crippen LogP) is 2.77. The van der Waals surface area contributed by atoms with Crippen LogP contribution in [0, 0.1) is 6.92 Å². The van der Waals surface area contributed by atoms with Crippen molar-refractivity contribution in [2.45, 2.75) is 26.2 Å². The highest BCUT2D eigenvalue weighted by Crippen LogP contribution is 2.21. The second-order valence-electron chi connectivity index (χ2n) is 5.06. The van der Waals surface area contributed by atoms with E-state index in [1.807, 2.05) is 29.7 Å². The number of hydrogen-bond acceptors (Lipinski definition) is 3. The zero-order chi connectivity index (χ0) is 14.7. The lowest BCUT2D eigenvalue weighted by molar-refractivity contribution is -0.105. The van der Waals surface area contributed by atoms with E-state index in [0.717, 1.165) is 22.5 Å². The molecule has 0 aromatic carbocycles. The van der Waals surface area contributed by atoms with Crippen molar-refractivity contribution < 1.29 is 4.79 Å². The van der Waals surface area contributed by atoms with Gasteiger partial charge in [0.05, 0.1) is 18.1 Å². The molecule has 0 radical (unpaired) electrons. The Morgan fingerprint density at radius 1 is 1.29 bits per heavy atom. The van der Waals surface area contributed by atoms with E-state index in [9.17, 15) is 4.79 Å². The van der Waals surface area contributed by atoms with Crippen molar-refractivity contribution in [1.82, 2.24) is 19.6 Å². The Morgan fingerprint density at radius 3 is 2.71 bits per heavy atom. The zero-order valence-electron chi connectivity index (χ0n) is 11.8. The van der Waals surface area contributed by atoms with Crippen molar-refractivity contribution in [3.8, 4) is 11.3 Å². The molecule has 0 bridgehead atoms. The summed E-state index contributed by atoms with van der Waals surface area (Å²) in [5.74, 6) is 0.531. The summed E-state index contributed by atoms with van der Waals surface area (Å²) >= 11 is 0. The third-order valence-corrected chi connectivity index (χ3v) is 3.13. The van der Waals surface area contributed by atoms with Gasteiger partial charge in [0.25, 0.3) is 0 Å². The molecule has 3 heterocycles. The van der Waals surface area contributed by atoms with Crippen molar-refractivity contribution >= 4 is 17.9 Å². The van der Waals surface area contributed by atoms with E-state index >= 15 is 0 Å². The molecule has 108 valence electrons. The number of H-pyrrole nitrogens is 1. The Balaban J connectivity index is 0.000000393. The van der Waals surface area contributed by atoms with Crippen molar-refractivity contribution in [1.29, 1.82) is 0 Å². The highest BCUT2D eigenvalue weighted by atomic mass is 16.1. The number of amides is 1. The van der Waals surface area contributed by atoms with Crippen molar-refractivity contribution in [2.75, 3.05) is 5.32 Å². The average Bonchev–Trinajstić information content (AvgIpc) is 3.22. The molecule has 2 N–H and O–H groups in total. The number of rotatable bonds is 3. The van der Waals surface area contributed by atoms with Gasteiger partial charge in [-0.1, -0.05) is 19.3 Å². The summed E-state index contributed by atoms with van der Waals surface area (Å²) in [6.45, 7) is 2.00. The number of carbonyl (C=O) groups excluding carboxylic acids is 1. The van der Waals surface area contributed by atoms with Crippen LogP contribution in [0.15, 0.2) is 30.7 Å². The average molecular weight is 283 g/mol. The van der Waals surface area contributed by atoms with Gasteiger partial charge in [0.15, 0.2) is 5.82 Å². The first-order chi connectivity index (χ1) is 10.3. The molecule has 21 heavy (non-hydrogen) atoms. The molecule has 0 spiro atoms. The zero-order valence-corrected chi connectivity index (χ0v) is 11.8. The Morgan fingerprint density at radius 2 is 2.10 bits per heavy atom. The fourth-order valence-electron chi connectivity index (χ4n) is 1.91. The van der Waals surface area contributed by atoms with Gasteiger partial charge in [0, 0.05) is 11.8 Å². The fraction of sp³-hybridized carbons (Fsp3) is 0.267. The molecule has 6 nitrogen and oxygen atoms in total. The standard InChI is InChI=1S/C12H11N5O.C3H6/c1-8-4-14-16-12(8)9-2-3-11-15-10(13-7-18)6-17(11)5-9;1-2-3-1/h2-7H,1H3,(H,13,18)(H,14,16);1-3H2. The second kappa shape index (κ2) is 5.78. The van der Waals surface area contributed by atoms with Crippen molar-refractivity contribution in [3.05, 3.63) is 36.3 Å². The van der Waals surface area contributed by atoms with Gasteiger partial charge >= 0.3 is 0 Å². The van der Waals surface area contributed by atoms with E-state index in [1.54, 1.807) is 12.4 Å². The normalized spacial score (nSPS) is 12.6. The van der Waals surface area contributed by atoms with Crippen LogP contribution < -0.4 is 5.32 Å². The molecule has 1 fully saturated rings. The quantitative estimate of drug-likeness (QED) is 0.726. The summed E-state index contributed by atoms with van der Waals surface area (Å²) in [4.78, 5) is 14.6. The lowest BCUT2D eigenvalue weighted by Crippen LogP contribution is -1.92. The summed E-state index contributed by atoms with van der Waals surface area (Å²) in [5.41, 5.74) is 3.86. The maximum absolute atomic E-state index is 10.4. The first-order valence-corrected chi connectivity index (χ1v) is 6.97. The molecule has 6 heteroatoms. The Bertz CT molecular complexity index is 754. The number of anilines is 1. The summed E-state index contributed by atoms with van der Waals surface area (Å²) in [6.07, 6.45) is 10.6. The summed E-state index contributed by atoms with van der Waals surface area (Å²) in [7, 11) is 0. The van der Waals surface area contributed by atoms with Gasteiger partial charge in [-0.3, -0.25) is 9.89 Å². The molecule has 0 atom stereocenters. The molecular weight excluding hydrogens is 266 g/mol. The lowest BCUT2D eigenvalue weighted by atomic mass is 10.1. The Labute approximate surface area is 122 Å². The van der Waals surface area contributed by atoms with Gasteiger partial charge in [0.1, 0.15) is 5.65 Å². The third-order valence-electron chi connectivity index (χ3n) is 3.13. The molecule has 1 aliphatic rings. The monoisotopic (exact) mass is 283 g/mol. The van der Waals surface area contributed by atoms with Crippen LogP contribution in [0.25, 0.3) is 16.9 Å². The molecule has 0 unspecified atom stereocenters. The first-order valence-electron chi connectivity index (χ1n) is 6.97. The highest BCUT2D eigenvalue weighted by Gasteiger charge is 2.06. The Kier molecular flexibility index (Phi) is 3.68. The number of carbonyl (C=O) groups is 1. The van der Waals surface area contributed by atoms with Crippen LogP contribution in [-0.2, 0) is 4.79 Å². The molecule has 3 aromatic rings. The first kappa shape index (κ1) is 13.4. The van der Waals surface area contributed by atoms with Gasteiger partial charge in [0.2, 0.25) is 6.41 Å². The molecule has 4 rings (SSSR count). The van der Waals surface area contributed by atoms with E-state index < -0.39 is 0 Å². The van der Waals surface area contributed by atoms with Crippen molar-refractivity contribution in [3.63, 3.8) is 0 Å². The number of nitrogens with one attached hydrogen (secondary N) is 2. The van der Waals surface area contributed by atoms with Crippen LogP contribution in [0.5, 0.6) is 0 Å². The summed E-state index contributed by atoms with van der Waals surface area (Å²) < 4.78 is 1.86. The highest BCUT2D eigenvalue weighted by molar-refractivity contribution is 5.71. The van der Waals surface area contributed by atoms with Crippen LogP contribution in [0.2, 0.25) is 0 Å². The minimum atomic E-state index is 0.531. The van der Waals surface area contributed by atoms with Gasteiger partial charge in [-0.25, -0.2) is 4.98 Å². The third kappa shape index (κ3) is 3.10. The van der Waals surface area contributed by atoms with Gasteiger partial charge in [-0.2, -0.15) is 5.10 Å². The van der Waals surface area contributed by atoms with E-state index in [2.05, 4.69) is 20.5 Å². The van der Waals surface area contributed by atoms with Gasteiger partial charge in [-0.05, 0) is 24.6 Å². The van der Waals surface area contributed by atoms with E-state index in [1.165, 1.54) is 19.3 Å². The van der Waals surface area contributed by atoms with Crippen LogP contribution in [-0.4, -0.2) is 26.0 Å². The van der Waals surface area contributed by atoms with E-state index in [4.69, 9.17) is 0 Å². The second-order valence-corrected chi connectivity index (χ2v) is 5.06. The number of pyridine rings is 1. The number of nitrogens with zero attached hydrogens (tertiary/aromatic N) is 3. The lowest BCUT2D eigenvalue weighted by Gasteiger charge is -2.00. The van der Waals surface area contributed by atoms with Crippen LogP contribution in [0.4, 0.5) is 5.82 Å². The molecule has 3 aromatic heterocycles. The number of aromatic nitrogens is 4. The largest absolute Gasteiger partial charge is 0.312 e. The predicted molar refractivity (Wildman–Crippen MR) is 81.0 cm³/mol. The number of aromatic amines is 1. The number of aryl methyl sites for hydroxylation is 1. The van der Waals surface area contributed by atoms with Gasteiger partial charge in [-0.15, -0.1) is 0 Å².